The molecule has 0 aliphatic carbocycles. The van der Waals surface area contributed by atoms with Gasteiger partial charge in [-0.25, -0.2) is 14.0 Å². The summed E-state index contributed by atoms with van der Waals surface area (Å²) in [7, 11) is 0. The van der Waals surface area contributed by atoms with Gasteiger partial charge < -0.3 is 15.3 Å². The number of urea groups is 1. The molecule has 1 atom stereocenters. The molecule has 1 aliphatic heterocycles. The maximum atomic E-state index is 13.8. The maximum absolute atomic E-state index is 13.8. The molecule has 0 bridgehead atoms. The van der Waals surface area contributed by atoms with Gasteiger partial charge in [0.2, 0.25) is 0 Å². The first-order valence-corrected chi connectivity index (χ1v) is 7.10. The van der Waals surface area contributed by atoms with Crippen molar-refractivity contribution in [3.8, 4) is 0 Å². The van der Waals surface area contributed by atoms with Gasteiger partial charge >= 0.3 is 12.0 Å². The van der Waals surface area contributed by atoms with Crippen molar-refractivity contribution >= 4 is 17.7 Å². The van der Waals surface area contributed by atoms with Crippen molar-refractivity contribution in [3.05, 3.63) is 29.6 Å². The number of hydrogen-bond donors (Lipinski definition) is 2. The number of piperidine rings is 1. The van der Waals surface area contributed by atoms with Gasteiger partial charge in [-0.1, -0.05) is 13.3 Å². The highest BCUT2D eigenvalue weighted by Gasteiger charge is 2.23. The Hall–Kier alpha value is -2.11. The van der Waals surface area contributed by atoms with Gasteiger partial charge in [0.05, 0.1) is 11.3 Å². The van der Waals surface area contributed by atoms with E-state index in [4.69, 9.17) is 5.11 Å². The van der Waals surface area contributed by atoms with Crippen molar-refractivity contribution in [1.82, 2.24) is 4.90 Å². The average molecular weight is 294 g/mol. The van der Waals surface area contributed by atoms with Crippen LogP contribution < -0.4 is 5.32 Å². The van der Waals surface area contributed by atoms with Crippen molar-refractivity contribution in [3.63, 3.8) is 0 Å². The monoisotopic (exact) mass is 294 g/mol. The normalized spacial score (nSPS) is 18.4. The number of benzene rings is 1. The van der Waals surface area contributed by atoms with Gasteiger partial charge in [0, 0.05) is 13.1 Å². The van der Waals surface area contributed by atoms with E-state index in [-0.39, 0.29) is 17.3 Å². The van der Waals surface area contributed by atoms with Crippen LogP contribution in [0.3, 0.4) is 0 Å². The number of likely N-dealkylation sites (tertiary alicyclic amines) is 1. The van der Waals surface area contributed by atoms with E-state index in [9.17, 15) is 14.0 Å². The van der Waals surface area contributed by atoms with Crippen molar-refractivity contribution in [2.45, 2.75) is 26.2 Å². The number of rotatable bonds is 3. The first-order chi connectivity index (χ1) is 10.0. The van der Waals surface area contributed by atoms with Crippen molar-refractivity contribution in [2.24, 2.45) is 5.92 Å². The third kappa shape index (κ3) is 3.71. The van der Waals surface area contributed by atoms with Gasteiger partial charge in [-0.15, -0.1) is 0 Å². The Labute approximate surface area is 122 Å². The second-order valence-corrected chi connectivity index (χ2v) is 5.29. The molecule has 114 valence electrons. The summed E-state index contributed by atoms with van der Waals surface area (Å²) in [6.07, 6.45) is 3.08. The molecular formula is C15H19FN2O3. The summed E-state index contributed by atoms with van der Waals surface area (Å²) in [5.74, 6) is -1.45. The first-order valence-electron chi connectivity index (χ1n) is 7.10. The van der Waals surface area contributed by atoms with E-state index in [2.05, 4.69) is 12.2 Å². The summed E-state index contributed by atoms with van der Waals surface area (Å²) in [4.78, 5) is 24.6. The maximum Gasteiger partial charge on any atom is 0.335 e. The van der Waals surface area contributed by atoms with Crippen LogP contribution in [0.1, 0.15) is 36.5 Å². The average Bonchev–Trinajstić information content (AvgIpc) is 2.49. The quantitative estimate of drug-likeness (QED) is 0.899. The van der Waals surface area contributed by atoms with Crippen LogP contribution >= 0.6 is 0 Å². The van der Waals surface area contributed by atoms with E-state index in [0.717, 1.165) is 25.3 Å². The molecule has 1 heterocycles. The summed E-state index contributed by atoms with van der Waals surface area (Å²) in [6.45, 7) is 3.44. The van der Waals surface area contributed by atoms with Crippen LogP contribution in [0, 0.1) is 11.7 Å². The SMILES string of the molecule is CCC1CCCN(C(=O)Nc2ccc(C(=O)O)cc2F)C1. The smallest absolute Gasteiger partial charge is 0.335 e. The number of aromatic carboxylic acids is 1. The van der Waals surface area contributed by atoms with E-state index in [0.29, 0.717) is 19.0 Å². The van der Waals surface area contributed by atoms with Crippen LogP contribution in [-0.4, -0.2) is 35.1 Å². The number of carbonyl (C=O) groups is 2. The highest BCUT2D eigenvalue weighted by atomic mass is 19.1. The Morgan fingerprint density at radius 1 is 1.48 bits per heavy atom. The van der Waals surface area contributed by atoms with E-state index in [1.165, 1.54) is 12.1 Å². The Morgan fingerprint density at radius 3 is 2.86 bits per heavy atom. The zero-order valence-corrected chi connectivity index (χ0v) is 11.9. The Kier molecular flexibility index (Phi) is 4.77. The van der Waals surface area contributed by atoms with Crippen LogP contribution in [0.4, 0.5) is 14.9 Å². The molecule has 1 unspecified atom stereocenters. The van der Waals surface area contributed by atoms with E-state index < -0.39 is 11.8 Å². The minimum absolute atomic E-state index is 0.00335. The molecule has 21 heavy (non-hydrogen) atoms. The molecule has 1 aliphatic rings. The Morgan fingerprint density at radius 2 is 2.24 bits per heavy atom. The Bertz CT molecular complexity index is 548. The topological polar surface area (TPSA) is 69.6 Å². The zero-order chi connectivity index (χ0) is 15.4. The lowest BCUT2D eigenvalue weighted by Crippen LogP contribution is -2.42. The molecule has 2 rings (SSSR count). The summed E-state index contributed by atoms with van der Waals surface area (Å²) >= 11 is 0. The predicted octanol–water partition coefficient (Wildman–Crippen LogP) is 3.18. The first kappa shape index (κ1) is 15.3. The standard InChI is InChI=1S/C15H19FN2O3/c1-2-10-4-3-7-18(9-10)15(21)17-13-6-5-11(14(19)20)8-12(13)16/h5-6,8,10H,2-4,7,9H2,1H3,(H,17,21)(H,19,20). The number of carboxylic acid groups (broad SMARTS) is 1. The molecule has 5 nitrogen and oxygen atoms in total. The minimum Gasteiger partial charge on any atom is -0.478 e. The summed E-state index contributed by atoms with van der Waals surface area (Å²) < 4.78 is 13.8. The molecule has 1 fully saturated rings. The van der Waals surface area contributed by atoms with Gasteiger partial charge in [0.15, 0.2) is 0 Å². The van der Waals surface area contributed by atoms with Crippen molar-refractivity contribution < 1.29 is 19.1 Å². The molecular weight excluding hydrogens is 275 g/mol. The van der Waals surface area contributed by atoms with Gasteiger partial charge in [0.1, 0.15) is 5.82 Å². The molecule has 0 aromatic heterocycles. The van der Waals surface area contributed by atoms with Gasteiger partial charge in [0.25, 0.3) is 0 Å². The highest BCUT2D eigenvalue weighted by molar-refractivity contribution is 5.91. The third-order valence-corrected chi connectivity index (χ3v) is 3.84. The number of amides is 2. The van der Waals surface area contributed by atoms with Gasteiger partial charge in [-0.3, -0.25) is 0 Å². The lowest BCUT2D eigenvalue weighted by atomic mass is 9.96. The van der Waals surface area contributed by atoms with Crippen LogP contribution in [-0.2, 0) is 0 Å². The summed E-state index contributed by atoms with van der Waals surface area (Å²) in [5, 5.41) is 11.3. The van der Waals surface area contributed by atoms with Crippen molar-refractivity contribution in [2.75, 3.05) is 18.4 Å². The van der Waals surface area contributed by atoms with Crippen LogP contribution in [0.15, 0.2) is 18.2 Å². The summed E-state index contributed by atoms with van der Waals surface area (Å²) in [6, 6.07) is 3.11. The van der Waals surface area contributed by atoms with Crippen molar-refractivity contribution in [1.29, 1.82) is 0 Å². The second kappa shape index (κ2) is 6.56. The molecule has 1 aromatic rings. The van der Waals surface area contributed by atoms with E-state index >= 15 is 0 Å². The number of nitrogens with one attached hydrogen (secondary N) is 1. The highest BCUT2D eigenvalue weighted by Crippen LogP contribution is 2.21. The van der Waals surface area contributed by atoms with E-state index in [1.807, 2.05) is 0 Å². The number of carboxylic acids is 1. The fraction of sp³-hybridized carbons (Fsp3) is 0.467. The lowest BCUT2D eigenvalue weighted by molar-refractivity contribution is 0.0696. The fourth-order valence-corrected chi connectivity index (χ4v) is 2.53. The molecule has 2 N–H and O–H groups in total. The Balaban J connectivity index is 2.04. The van der Waals surface area contributed by atoms with Gasteiger partial charge in [-0.2, -0.15) is 0 Å². The zero-order valence-electron chi connectivity index (χ0n) is 11.9. The number of nitrogens with zero attached hydrogens (tertiary/aromatic N) is 1. The lowest BCUT2D eigenvalue weighted by Gasteiger charge is -2.32. The molecule has 1 aromatic carbocycles. The second-order valence-electron chi connectivity index (χ2n) is 5.29. The fourth-order valence-electron chi connectivity index (χ4n) is 2.53. The van der Waals surface area contributed by atoms with E-state index in [1.54, 1.807) is 4.90 Å². The number of anilines is 1. The number of carbonyl (C=O) groups excluding carboxylic acids is 1. The molecule has 0 radical (unpaired) electrons. The molecule has 6 heteroatoms. The van der Waals surface area contributed by atoms with Crippen LogP contribution in [0.25, 0.3) is 0 Å². The van der Waals surface area contributed by atoms with Crippen LogP contribution in [0.2, 0.25) is 0 Å². The predicted molar refractivity (Wildman–Crippen MR) is 77.0 cm³/mol. The molecule has 1 saturated heterocycles. The molecule has 0 spiro atoms. The summed E-state index contributed by atoms with van der Waals surface area (Å²) in [5.41, 5.74) is -0.141. The third-order valence-electron chi connectivity index (χ3n) is 3.84. The number of hydrogen-bond acceptors (Lipinski definition) is 2. The molecule has 2 amide bonds. The largest absolute Gasteiger partial charge is 0.478 e. The van der Waals surface area contributed by atoms with Crippen LogP contribution in [0.5, 0.6) is 0 Å². The number of halogens is 1. The molecule has 0 saturated carbocycles. The minimum atomic E-state index is -1.20. The van der Waals surface area contributed by atoms with Gasteiger partial charge in [-0.05, 0) is 37.0 Å².